The second kappa shape index (κ2) is 9.03. The maximum absolute atomic E-state index is 12.3. The van der Waals surface area contributed by atoms with Crippen molar-refractivity contribution < 1.29 is 14.7 Å². The minimum Gasteiger partial charge on any atom is -0.391 e. The summed E-state index contributed by atoms with van der Waals surface area (Å²) in [6.07, 6.45) is 4.62. The van der Waals surface area contributed by atoms with Crippen LogP contribution in [0.3, 0.4) is 0 Å². The van der Waals surface area contributed by atoms with Crippen molar-refractivity contribution in [1.82, 2.24) is 10.2 Å². The number of amides is 3. The van der Waals surface area contributed by atoms with Gasteiger partial charge < -0.3 is 10.0 Å². The van der Waals surface area contributed by atoms with Gasteiger partial charge in [-0.1, -0.05) is 33.6 Å². The monoisotopic (exact) mass is 298 g/mol. The van der Waals surface area contributed by atoms with Gasteiger partial charge in [0, 0.05) is 19.0 Å². The third kappa shape index (κ3) is 6.46. The minimum atomic E-state index is -0.466. The second-order valence-corrected chi connectivity index (χ2v) is 6.49. The van der Waals surface area contributed by atoms with Crippen molar-refractivity contribution in [2.24, 2.45) is 11.8 Å². The summed E-state index contributed by atoms with van der Waals surface area (Å²) in [6.45, 7) is 7.27. The van der Waals surface area contributed by atoms with E-state index in [0.29, 0.717) is 19.0 Å². The van der Waals surface area contributed by atoms with Gasteiger partial charge in [-0.05, 0) is 31.6 Å². The lowest BCUT2D eigenvalue weighted by Crippen LogP contribution is -2.49. The number of β-amino-alcohol motifs (C(OH)–C–C–N with tert-alkyl or cyclic N) is 1. The molecule has 0 aliphatic carbocycles. The number of aliphatic hydroxyl groups is 1. The number of rotatable bonds is 6. The molecular formula is C16H30N2O3. The summed E-state index contributed by atoms with van der Waals surface area (Å²) in [7, 11) is 0. The lowest BCUT2D eigenvalue weighted by Gasteiger charge is -2.30. The molecule has 5 heteroatoms. The molecule has 1 saturated heterocycles. The first-order valence-electron chi connectivity index (χ1n) is 8.21. The highest BCUT2D eigenvalue weighted by Gasteiger charge is 2.26. The number of nitrogens with one attached hydrogen (secondary N) is 1. The molecule has 2 atom stereocenters. The van der Waals surface area contributed by atoms with Crippen LogP contribution in [0.15, 0.2) is 0 Å². The van der Waals surface area contributed by atoms with E-state index >= 15 is 0 Å². The predicted octanol–water partition coefficient (Wildman–Crippen LogP) is 2.53. The zero-order valence-electron chi connectivity index (χ0n) is 13.6. The van der Waals surface area contributed by atoms with Gasteiger partial charge in [0.15, 0.2) is 0 Å². The van der Waals surface area contributed by atoms with E-state index in [9.17, 15) is 14.7 Å². The Bertz CT molecular complexity index is 344. The van der Waals surface area contributed by atoms with Crippen molar-refractivity contribution in [2.75, 3.05) is 13.1 Å². The molecule has 1 rings (SSSR count). The Balaban J connectivity index is 2.48. The number of imide groups is 1. The highest BCUT2D eigenvalue weighted by molar-refractivity contribution is 5.95. The second-order valence-electron chi connectivity index (χ2n) is 6.49. The first-order valence-corrected chi connectivity index (χ1v) is 8.21. The molecule has 0 saturated carbocycles. The van der Waals surface area contributed by atoms with Crippen LogP contribution in [0, 0.1) is 11.8 Å². The van der Waals surface area contributed by atoms with Gasteiger partial charge in [0.25, 0.3) is 0 Å². The number of hydrogen-bond donors (Lipinski definition) is 2. The highest BCUT2D eigenvalue weighted by Crippen LogP contribution is 2.18. The van der Waals surface area contributed by atoms with E-state index in [1.54, 1.807) is 0 Å². The number of hydrogen-bond acceptors (Lipinski definition) is 3. The molecule has 0 aromatic heterocycles. The third-order valence-electron chi connectivity index (χ3n) is 4.01. The Morgan fingerprint density at radius 3 is 2.57 bits per heavy atom. The van der Waals surface area contributed by atoms with E-state index in [1.807, 2.05) is 0 Å². The van der Waals surface area contributed by atoms with Crippen LogP contribution >= 0.6 is 0 Å². The molecule has 0 spiro atoms. The molecule has 5 nitrogen and oxygen atoms in total. The first kappa shape index (κ1) is 18.0. The van der Waals surface area contributed by atoms with Crippen LogP contribution in [0.2, 0.25) is 0 Å². The zero-order valence-corrected chi connectivity index (χ0v) is 13.6. The molecule has 0 unspecified atom stereocenters. The van der Waals surface area contributed by atoms with Crippen LogP contribution in [0.25, 0.3) is 0 Å². The van der Waals surface area contributed by atoms with Crippen LogP contribution in [-0.4, -0.2) is 41.1 Å². The van der Waals surface area contributed by atoms with Gasteiger partial charge in [-0.25, -0.2) is 4.79 Å². The van der Waals surface area contributed by atoms with Crippen molar-refractivity contribution >= 4 is 11.9 Å². The summed E-state index contributed by atoms with van der Waals surface area (Å²) in [5, 5.41) is 12.1. The molecular weight excluding hydrogens is 268 g/mol. The summed E-state index contributed by atoms with van der Waals surface area (Å²) >= 11 is 0. The molecule has 3 amide bonds. The van der Waals surface area contributed by atoms with Crippen molar-refractivity contribution in [3.63, 3.8) is 0 Å². The molecule has 0 aromatic carbocycles. The van der Waals surface area contributed by atoms with Gasteiger partial charge >= 0.3 is 6.03 Å². The number of nitrogens with zero attached hydrogens (tertiary/aromatic N) is 1. The van der Waals surface area contributed by atoms with Gasteiger partial charge in [0.1, 0.15) is 0 Å². The molecule has 1 heterocycles. The zero-order chi connectivity index (χ0) is 15.8. The molecule has 122 valence electrons. The number of likely N-dealkylation sites (tertiary alicyclic amines) is 1. The van der Waals surface area contributed by atoms with Crippen LogP contribution in [0.1, 0.15) is 59.3 Å². The Morgan fingerprint density at radius 1 is 1.29 bits per heavy atom. The summed E-state index contributed by atoms with van der Waals surface area (Å²) < 4.78 is 0. The van der Waals surface area contributed by atoms with Gasteiger partial charge in [0.2, 0.25) is 5.91 Å². The molecule has 2 N–H and O–H groups in total. The molecule has 1 fully saturated rings. The maximum Gasteiger partial charge on any atom is 0.324 e. The molecule has 1 aliphatic heterocycles. The normalized spacial score (nSPS) is 20.4. The topological polar surface area (TPSA) is 69.6 Å². The minimum absolute atomic E-state index is 0.0870. The quantitative estimate of drug-likeness (QED) is 0.791. The van der Waals surface area contributed by atoms with E-state index in [-0.39, 0.29) is 17.9 Å². The van der Waals surface area contributed by atoms with E-state index in [2.05, 4.69) is 26.1 Å². The number of urea groups is 1. The molecule has 21 heavy (non-hydrogen) atoms. The van der Waals surface area contributed by atoms with E-state index in [4.69, 9.17) is 0 Å². The van der Waals surface area contributed by atoms with E-state index < -0.39 is 6.10 Å². The van der Waals surface area contributed by atoms with Crippen LogP contribution in [-0.2, 0) is 4.79 Å². The Hall–Kier alpha value is -1.10. The maximum atomic E-state index is 12.3. The van der Waals surface area contributed by atoms with Crippen LogP contribution in [0.4, 0.5) is 4.79 Å². The summed E-state index contributed by atoms with van der Waals surface area (Å²) in [6, 6.07) is -0.357. The van der Waals surface area contributed by atoms with Gasteiger partial charge in [-0.2, -0.15) is 0 Å². The van der Waals surface area contributed by atoms with Crippen molar-refractivity contribution in [3.05, 3.63) is 0 Å². The number of aliphatic hydroxyl groups excluding tert-OH is 1. The Morgan fingerprint density at radius 2 is 2.00 bits per heavy atom. The number of piperidine rings is 1. The third-order valence-corrected chi connectivity index (χ3v) is 4.01. The van der Waals surface area contributed by atoms with Crippen LogP contribution in [0.5, 0.6) is 0 Å². The van der Waals surface area contributed by atoms with E-state index in [1.165, 1.54) is 4.90 Å². The smallest absolute Gasteiger partial charge is 0.324 e. The van der Waals surface area contributed by atoms with Crippen molar-refractivity contribution in [1.29, 1.82) is 0 Å². The summed E-state index contributed by atoms with van der Waals surface area (Å²) in [5.41, 5.74) is 0. The predicted molar refractivity (Wildman–Crippen MR) is 82.8 cm³/mol. The van der Waals surface area contributed by atoms with Gasteiger partial charge in [-0.15, -0.1) is 0 Å². The first-order chi connectivity index (χ1) is 9.93. The molecule has 1 aliphatic rings. The summed E-state index contributed by atoms with van der Waals surface area (Å²) in [5.74, 6) is 0.309. The number of carbonyl (C=O) groups is 2. The van der Waals surface area contributed by atoms with E-state index in [0.717, 1.165) is 38.5 Å². The Labute approximate surface area is 128 Å². The van der Waals surface area contributed by atoms with Gasteiger partial charge in [-0.3, -0.25) is 10.1 Å². The standard InChI is InChI=1S/C16H30N2O3/c1-4-6-13(9-8-12(2)3)15(20)17-16(21)18-10-5-7-14(19)11-18/h12-14,19H,4-11H2,1-3H3,(H,17,20,21)/t13-,14+/m0/s1. The summed E-state index contributed by atoms with van der Waals surface area (Å²) in [4.78, 5) is 25.9. The lowest BCUT2D eigenvalue weighted by molar-refractivity contribution is -0.124. The molecule has 0 aromatic rings. The fraction of sp³-hybridized carbons (Fsp3) is 0.875. The highest BCUT2D eigenvalue weighted by atomic mass is 16.3. The van der Waals surface area contributed by atoms with Crippen LogP contribution < -0.4 is 5.32 Å². The van der Waals surface area contributed by atoms with Gasteiger partial charge in [0.05, 0.1) is 6.10 Å². The van der Waals surface area contributed by atoms with Crippen molar-refractivity contribution in [2.45, 2.75) is 65.4 Å². The SMILES string of the molecule is CCC[C@@H](CCC(C)C)C(=O)NC(=O)N1CCC[C@@H](O)C1. The fourth-order valence-electron chi connectivity index (χ4n) is 2.72. The Kier molecular flexibility index (Phi) is 7.72. The number of carbonyl (C=O) groups excluding carboxylic acids is 2. The largest absolute Gasteiger partial charge is 0.391 e. The average molecular weight is 298 g/mol. The fourth-order valence-corrected chi connectivity index (χ4v) is 2.72. The molecule has 0 radical (unpaired) electrons. The lowest BCUT2D eigenvalue weighted by atomic mass is 9.93. The molecule has 0 bridgehead atoms. The average Bonchev–Trinajstić information content (AvgIpc) is 2.43. The van der Waals surface area contributed by atoms with Crippen molar-refractivity contribution in [3.8, 4) is 0 Å².